The van der Waals surface area contributed by atoms with Crippen LogP contribution >= 0.6 is 11.8 Å². The van der Waals surface area contributed by atoms with E-state index in [-0.39, 0.29) is 5.97 Å². The summed E-state index contributed by atoms with van der Waals surface area (Å²) < 4.78 is 9.78. The van der Waals surface area contributed by atoms with Crippen molar-refractivity contribution in [3.63, 3.8) is 0 Å². The van der Waals surface area contributed by atoms with Crippen LogP contribution in [0.1, 0.15) is 0 Å². The van der Waals surface area contributed by atoms with E-state index in [2.05, 4.69) is 10.2 Å². The average Bonchev–Trinajstić information content (AvgIpc) is 2.29. The molecule has 0 bridgehead atoms. The van der Waals surface area contributed by atoms with Gasteiger partial charge in [0.05, 0.1) is 31.4 Å². The molecule has 86 valence electrons. The molecule has 1 N–H and O–H groups in total. The predicted octanol–water partition coefficient (Wildman–Crippen LogP) is 0.201. The maximum Gasteiger partial charge on any atom is 0.333 e. The van der Waals surface area contributed by atoms with Crippen molar-refractivity contribution in [1.29, 1.82) is 0 Å². The zero-order valence-electron chi connectivity index (χ0n) is 8.99. The van der Waals surface area contributed by atoms with Crippen LogP contribution in [0.3, 0.4) is 0 Å². The fourth-order valence-corrected chi connectivity index (χ4v) is 1.57. The summed E-state index contributed by atoms with van der Waals surface area (Å²) in [6.45, 7) is 3.07. The summed E-state index contributed by atoms with van der Waals surface area (Å²) in [7, 11) is 1.37. The maximum atomic E-state index is 11.0. The molecule has 0 aromatic rings. The van der Waals surface area contributed by atoms with Crippen molar-refractivity contribution < 1.29 is 14.3 Å². The Labute approximate surface area is 93.8 Å². The number of carbonyl (C=O) groups is 1. The average molecular weight is 232 g/mol. The van der Waals surface area contributed by atoms with Crippen molar-refractivity contribution in [2.45, 2.75) is 0 Å². The molecule has 0 saturated carbocycles. The Morgan fingerprint density at radius 3 is 2.73 bits per heavy atom. The lowest BCUT2D eigenvalue weighted by Gasteiger charge is -2.28. The number of nitrogens with one attached hydrogen (secondary N) is 1. The first kappa shape index (κ1) is 12.4. The van der Waals surface area contributed by atoms with Gasteiger partial charge in [0, 0.05) is 13.1 Å². The van der Waals surface area contributed by atoms with Crippen molar-refractivity contribution in [2.75, 3.05) is 39.7 Å². The van der Waals surface area contributed by atoms with Crippen LogP contribution in [0.2, 0.25) is 0 Å². The van der Waals surface area contributed by atoms with Gasteiger partial charge in [-0.1, -0.05) is 0 Å². The van der Waals surface area contributed by atoms with E-state index in [1.54, 1.807) is 0 Å². The molecular formula is C9H16N2O3S. The van der Waals surface area contributed by atoms with Gasteiger partial charge < -0.3 is 14.9 Å². The number of morpholine rings is 1. The number of esters is 1. The van der Waals surface area contributed by atoms with E-state index in [1.165, 1.54) is 24.9 Å². The quantitative estimate of drug-likeness (QED) is 0.552. The highest BCUT2D eigenvalue weighted by Gasteiger charge is 2.11. The van der Waals surface area contributed by atoms with Gasteiger partial charge in [0.1, 0.15) is 0 Å². The van der Waals surface area contributed by atoms with E-state index in [9.17, 15) is 4.79 Å². The maximum absolute atomic E-state index is 11.0. The molecule has 0 aromatic carbocycles. The minimum absolute atomic E-state index is 0.347. The van der Waals surface area contributed by atoms with Gasteiger partial charge in [-0.15, -0.1) is 11.8 Å². The van der Waals surface area contributed by atoms with Gasteiger partial charge in [-0.3, -0.25) is 0 Å². The van der Waals surface area contributed by atoms with Crippen molar-refractivity contribution in [3.8, 4) is 0 Å². The number of methoxy groups -OCH3 is 1. The Morgan fingerprint density at radius 1 is 1.53 bits per heavy atom. The van der Waals surface area contributed by atoms with E-state index in [1.807, 2.05) is 11.3 Å². The Morgan fingerprint density at radius 2 is 2.20 bits per heavy atom. The molecule has 1 aliphatic heterocycles. The molecule has 0 aliphatic carbocycles. The molecule has 0 spiro atoms. The lowest BCUT2D eigenvalue weighted by atomic mass is 10.5. The molecule has 0 atom stereocenters. The van der Waals surface area contributed by atoms with Crippen LogP contribution in [-0.4, -0.2) is 50.6 Å². The molecule has 0 unspecified atom stereocenters. The first-order chi connectivity index (χ1) is 7.26. The minimum atomic E-state index is -0.347. The number of nitrogens with zero attached hydrogens (tertiary/aromatic N) is 1. The Balaban J connectivity index is 2.44. The Hall–Kier alpha value is -0.720. The van der Waals surface area contributed by atoms with Gasteiger partial charge in [0.2, 0.25) is 0 Å². The fraction of sp³-hybridized carbons (Fsp3) is 0.667. The Kier molecular flexibility index (Phi) is 5.52. The van der Waals surface area contributed by atoms with Gasteiger partial charge >= 0.3 is 5.97 Å². The predicted molar refractivity (Wildman–Crippen MR) is 59.1 cm³/mol. The summed E-state index contributed by atoms with van der Waals surface area (Å²) in [4.78, 5) is 11.0. The van der Waals surface area contributed by atoms with Gasteiger partial charge in [-0.25, -0.2) is 9.80 Å². The van der Waals surface area contributed by atoms with Crippen LogP contribution in [0.15, 0.2) is 11.1 Å². The summed E-state index contributed by atoms with van der Waals surface area (Å²) >= 11 is 1.47. The highest BCUT2D eigenvalue weighted by molar-refractivity contribution is 8.02. The molecule has 5 nitrogen and oxygen atoms in total. The van der Waals surface area contributed by atoms with Crippen LogP contribution in [-0.2, 0) is 14.3 Å². The minimum Gasteiger partial charge on any atom is -0.466 e. The molecular weight excluding hydrogens is 216 g/mol. The Bertz CT molecular complexity index is 240. The highest BCUT2D eigenvalue weighted by atomic mass is 32.2. The molecule has 1 heterocycles. The van der Waals surface area contributed by atoms with Crippen molar-refractivity contribution >= 4 is 17.7 Å². The number of hydrazine groups is 1. The molecule has 1 rings (SSSR count). The second kappa shape index (κ2) is 6.71. The molecule has 0 amide bonds. The van der Waals surface area contributed by atoms with E-state index >= 15 is 0 Å². The van der Waals surface area contributed by atoms with E-state index < -0.39 is 0 Å². The smallest absolute Gasteiger partial charge is 0.333 e. The third-order valence-electron chi connectivity index (χ3n) is 1.95. The summed E-state index contributed by atoms with van der Waals surface area (Å²) in [5.74, 6) is -0.347. The van der Waals surface area contributed by atoms with Gasteiger partial charge in [0.15, 0.2) is 0 Å². The third kappa shape index (κ3) is 4.55. The largest absolute Gasteiger partial charge is 0.466 e. The standard InChI is InChI=1S/C9H16N2O3S/c1-13-9(12)7-8(15-2)10-11-3-5-14-6-4-11/h7,10H,3-6H2,1-2H3. The lowest BCUT2D eigenvalue weighted by molar-refractivity contribution is -0.134. The summed E-state index contributed by atoms with van der Waals surface area (Å²) in [5.41, 5.74) is 3.15. The molecule has 1 aliphatic rings. The SMILES string of the molecule is COC(=O)C=C(NN1CCOCC1)SC. The highest BCUT2D eigenvalue weighted by Crippen LogP contribution is 2.09. The second-order valence-electron chi connectivity index (χ2n) is 2.95. The van der Waals surface area contributed by atoms with E-state index in [0.29, 0.717) is 13.2 Å². The number of rotatable bonds is 4. The molecule has 0 aromatic heterocycles. The first-order valence-electron chi connectivity index (χ1n) is 4.69. The van der Waals surface area contributed by atoms with E-state index in [4.69, 9.17) is 4.74 Å². The van der Waals surface area contributed by atoms with Crippen LogP contribution in [0, 0.1) is 0 Å². The molecule has 1 saturated heterocycles. The summed E-state index contributed by atoms with van der Waals surface area (Å²) in [5, 5.41) is 2.80. The van der Waals surface area contributed by atoms with Crippen LogP contribution in [0.4, 0.5) is 0 Å². The van der Waals surface area contributed by atoms with Crippen LogP contribution < -0.4 is 5.43 Å². The second-order valence-corrected chi connectivity index (χ2v) is 3.80. The number of thioether (sulfide) groups is 1. The van der Waals surface area contributed by atoms with Crippen molar-refractivity contribution in [2.24, 2.45) is 0 Å². The van der Waals surface area contributed by atoms with Gasteiger partial charge in [-0.2, -0.15) is 0 Å². The zero-order chi connectivity index (χ0) is 11.1. The number of ether oxygens (including phenoxy) is 2. The lowest BCUT2D eigenvalue weighted by Crippen LogP contribution is -2.44. The molecule has 0 radical (unpaired) electrons. The zero-order valence-corrected chi connectivity index (χ0v) is 9.80. The fourth-order valence-electron chi connectivity index (χ4n) is 1.13. The third-order valence-corrected chi connectivity index (χ3v) is 2.60. The van der Waals surface area contributed by atoms with Gasteiger partial charge in [0.25, 0.3) is 0 Å². The molecule has 1 fully saturated rings. The molecule has 6 heteroatoms. The van der Waals surface area contributed by atoms with Crippen molar-refractivity contribution in [3.05, 3.63) is 11.1 Å². The first-order valence-corrected chi connectivity index (χ1v) is 5.91. The topological polar surface area (TPSA) is 50.8 Å². The van der Waals surface area contributed by atoms with Gasteiger partial charge in [-0.05, 0) is 6.26 Å². The normalized spacial score (nSPS) is 18.7. The monoisotopic (exact) mass is 232 g/mol. The van der Waals surface area contributed by atoms with Crippen LogP contribution in [0.25, 0.3) is 0 Å². The van der Waals surface area contributed by atoms with Crippen LogP contribution in [0.5, 0.6) is 0 Å². The summed E-state index contributed by atoms with van der Waals surface area (Å²) in [6, 6.07) is 0. The molecule has 15 heavy (non-hydrogen) atoms. The van der Waals surface area contributed by atoms with E-state index in [0.717, 1.165) is 18.1 Å². The number of carbonyl (C=O) groups excluding carboxylic acids is 1. The summed E-state index contributed by atoms with van der Waals surface area (Å²) in [6.07, 6.45) is 3.35. The number of hydrogen-bond acceptors (Lipinski definition) is 6. The van der Waals surface area contributed by atoms with Crippen molar-refractivity contribution in [1.82, 2.24) is 10.4 Å². The number of hydrogen-bond donors (Lipinski definition) is 1.